The van der Waals surface area contributed by atoms with Crippen molar-refractivity contribution in [2.45, 2.75) is 341 Å². The molecule has 0 saturated carbocycles. The fraction of sp³-hybridized carbons (Fsp3) is 0.678. The van der Waals surface area contributed by atoms with E-state index in [1.54, 1.807) is 0 Å². The predicted molar refractivity (Wildman–Crippen MR) is 436 cm³/mol. The molecule has 0 aliphatic carbocycles. The number of phosphoric ester groups is 2. The lowest BCUT2D eigenvalue weighted by molar-refractivity contribution is -0.161. The van der Waals surface area contributed by atoms with Crippen molar-refractivity contribution in [1.82, 2.24) is 0 Å². The van der Waals surface area contributed by atoms with Crippen LogP contribution in [0.25, 0.3) is 0 Å². The summed E-state index contributed by atoms with van der Waals surface area (Å²) in [7, 11) is -9.99. The van der Waals surface area contributed by atoms with Gasteiger partial charge >= 0.3 is 39.5 Å². The van der Waals surface area contributed by atoms with Crippen LogP contribution < -0.4 is 0 Å². The van der Waals surface area contributed by atoms with Gasteiger partial charge in [0.25, 0.3) is 0 Å². The third-order valence-electron chi connectivity index (χ3n) is 16.8. The van der Waals surface area contributed by atoms with Gasteiger partial charge in [0.15, 0.2) is 12.2 Å². The van der Waals surface area contributed by atoms with Gasteiger partial charge in [0, 0.05) is 25.7 Å². The van der Waals surface area contributed by atoms with Gasteiger partial charge in [0.1, 0.15) is 19.3 Å². The van der Waals surface area contributed by atoms with Crippen molar-refractivity contribution in [3.8, 4) is 0 Å². The first-order valence-corrected chi connectivity index (χ1v) is 44.1. The summed E-state index contributed by atoms with van der Waals surface area (Å²) in [6.45, 7) is 4.55. The second kappa shape index (κ2) is 78.1. The van der Waals surface area contributed by atoms with Crippen LogP contribution in [0.4, 0.5) is 0 Å². The predicted octanol–water partition coefficient (Wildman–Crippen LogP) is 24.2. The average Bonchev–Trinajstić information content (AvgIpc) is 0.901. The van der Waals surface area contributed by atoms with Gasteiger partial charge in [-0.25, -0.2) is 9.13 Å². The van der Waals surface area contributed by atoms with Gasteiger partial charge in [-0.1, -0.05) is 276 Å². The summed E-state index contributed by atoms with van der Waals surface area (Å²) in [6, 6.07) is 0. The number of rotatable bonds is 76. The maximum absolute atomic E-state index is 13.1. The highest BCUT2D eigenvalue weighted by Crippen LogP contribution is 2.45. The molecule has 0 aromatic carbocycles. The SMILES string of the molecule is CC/C=C\C/C=C\C/C=C\C/C=C\C/C=C\CCCCCC(=O)OC[C@H](COP(=O)(O)OC[C@H](O)COP(=O)(O)OC[C@@H](COC(=O)CCCCC/C=C\C/C=C\C/C=C\C/C=C\C/C=C\CC)OC(=O)CCCCCCCCC/C=C\CCCCCC)OC(=O)CCCCCCC/C=C\CCCCCC. The van der Waals surface area contributed by atoms with E-state index in [1.165, 1.54) is 51.4 Å². The average molecular weight is 1530 g/mol. The van der Waals surface area contributed by atoms with Gasteiger partial charge in [0.2, 0.25) is 0 Å². The van der Waals surface area contributed by atoms with Gasteiger partial charge < -0.3 is 33.8 Å². The van der Waals surface area contributed by atoms with E-state index in [0.717, 1.165) is 193 Å². The van der Waals surface area contributed by atoms with Crippen LogP contribution in [-0.4, -0.2) is 96.7 Å². The summed E-state index contributed by atoms with van der Waals surface area (Å²) in [4.78, 5) is 73.1. The highest BCUT2D eigenvalue weighted by molar-refractivity contribution is 7.47. The Hall–Kier alpha value is -5.06. The van der Waals surface area contributed by atoms with Crippen LogP contribution >= 0.6 is 15.6 Å². The van der Waals surface area contributed by atoms with E-state index in [1.807, 2.05) is 0 Å². The third-order valence-corrected chi connectivity index (χ3v) is 18.7. The molecule has 0 aromatic rings. The molecule has 606 valence electrons. The quantitative estimate of drug-likeness (QED) is 0.0169. The fourth-order valence-electron chi connectivity index (χ4n) is 10.6. The zero-order valence-electron chi connectivity index (χ0n) is 66.3. The second-order valence-electron chi connectivity index (χ2n) is 26.9. The summed E-state index contributed by atoms with van der Waals surface area (Å²) in [6.07, 6.45) is 89.6. The maximum Gasteiger partial charge on any atom is 0.472 e. The normalized spacial score (nSPS) is 14.6. The molecule has 5 atom stereocenters. The topological polar surface area (TPSA) is 237 Å². The van der Waals surface area contributed by atoms with Crippen molar-refractivity contribution in [2.24, 2.45) is 0 Å². The lowest BCUT2D eigenvalue weighted by atomic mass is 10.1. The highest BCUT2D eigenvalue weighted by Gasteiger charge is 2.30. The minimum atomic E-state index is -4.99. The summed E-state index contributed by atoms with van der Waals surface area (Å²) >= 11 is 0. The first-order chi connectivity index (χ1) is 51.7. The Balaban J connectivity index is 5.42. The number of unbranched alkanes of at least 4 members (excludes halogenated alkanes) is 26. The minimum Gasteiger partial charge on any atom is -0.462 e. The Morgan fingerprint density at radius 3 is 0.774 bits per heavy atom. The number of hydrogen-bond donors (Lipinski definition) is 3. The molecule has 0 bridgehead atoms. The van der Waals surface area contributed by atoms with Crippen LogP contribution in [0.15, 0.2) is 146 Å². The van der Waals surface area contributed by atoms with Gasteiger partial charge in [-0.2, -0.15) is 0 Å². The molecule has 2 unspecified atom stereocenters. The number of carbonyl (C=O) groups excluding carboxylic acids is 4. The van der Waals surface area contributed by atoms with Crippen molar-refractivity contribution in [3.63, 3.8) is 0 Å². The molecule has 0 amide bonds. The van der Waals surface area contributed by atoms with E-state index in [2.05, 4.69) is 174 Å². The first kappa shape index (κ1) is 101. The summed E-state index contributed by atoms with van der Waals surface area (Å²) in [5.41, 5.74) is 0. The number of ether oxygens (including phenoxy) is 4. The zero-order chi connectivity index (χ0) is 77.4. The lowest BCUT2D eigenvalue weighted by Crippen LogP contribution is -2.30. The van der Waals surface area contributed by atoms with E-state index in [-0.39, 0.29) is 25.7 Å². The zero-order valence-corrected chi connectivity index (χ0v) is 68.1. The highest BCUT2D eigenvalue weighted by atomic mass is 31.2. The second-order valence-corrected chi connectivity index (χ2v) is 29.8. The number of hydrogen-bond acceptors (Lipinski definition) is 15. The van der Waals surface area contributed by atoms with Crippen molar-refractivity contribution >= 4 is 39.5 Å². The van der Waals surface area contributed by atoms with Gasteiger partial charge in [-0.05, 0) is 167 Å². The molecule has 0 fully saturated rings. The molecule has 0 heterocycles. The number of esters is 4. The molecule has 106 heavy (non-hydrogen) atoms. The van der Waals surface area contributed by atoms with Gasteiger partial charge in [0.05, 0.1) is 26.4 Å². The van der Waals surface area contributed by atoms with Crippen LogP contribution in [0.5, 0.6) is 0 Å². The largest absolute Gasteiger partial charge is 0.472 e. The van der Waals surface area contributed by atoms with Crippen LogP contribution in [-0.2, 0) is 65.4 Å². The lowest BCUT2D eigenvalue weighted by Gasteiger charge is -2.21. The molecule has 0 saturated heterocycles. The Kier molecular flexibility index (Phi) is 74.3. The molecule has 19 heteroatoms. The summed E-state index contributed by atoms with van der Waals surface area (Å²) < 4.78 is 68.6. The van der Waals surface area contributed by atoms with Crippen molar-refractivity contribution in [1.29, 1.82) is 0 Å². The van der Waals surface area contributed by atoms with E-state index in [0.29, 0.717) is 25.7 Å². The van der Waals surface area contributed by atoms with Crippen LogP contribution in [0.3, 0.4) is 0 Å². The Morgan fingerprint density at radius 1 is 0.274 bits per heavy atom. The minimum absolute atomic E-state index is 0.0732. The maximum atomic E-state index is 13.1. The fourth-order valence-corrected chi connectivity index (χ4v) is 12.1. The molecule has 3 N–H and O–H groups in total. The summed E-state index contributed by atoms with van der Waals surface area (Å²) in [5, 5.41) is 10.7. The van der Waals surface area contributed by atoms with Crippen molar-refractivity contribution in [2.75, 3.05) is 39.6 Å². The van der Waals surface area contributed by atoms with Crippen molar-refractivity contribution < 1.29 is 80.2 Å². The Bertz CT molecular complexity index is 2580. The number of aliphatic hydroxyl groups is 1. The number of carbonyl (C=O) groups is 4. The molecular formula is C87H146O17P2. The van der Waals surface area contributed by atoms with E-state index >= 15 is 0 Å². The molecular weight excluding hydrogens is 1380 g/mol. The van der Waals surface area contributed by atoms with Crippen molar-refractivity contribution in [3.05, 3.63) is 146 Å². The summed E-state index contributed by atoms with van der Waals surface area (Å²) in [5.74, 6) is -2.26. The third kappa shape index (κ3) is 77.1. The molecule has 0 spiro atoms. The van der Waals surface area contributed by atoms with E-state index in [9.17, 15) is 43.2 Å². The molecule has 0 aromatic heterocycles. The smallest absolute Gasteiger partial charge is 0.462 e. The van der Waals surface area contributed by atoms with Crippen LogP contribution in [0.1, 0.15) is 323 Å². The van der Waals surface area contributed by atoms with Crippen LogP contribution in [0, 0.1) is 0 Å². The first-order valence-electron chi connectivity index (χ1n) is 41.1. The number of allylic oxidation sites excluding steroid dienone is 24. The molecule has 0 aliphatic heterocycles. The monoisotopic (exact) mass is 1530 g/mol. The molecule has 0 rings (SSSR count). The Morgan fingerprint density at radius 2 is 0.491 bits per heavy atom. The standard InChI is InChI=1S/C87H146O17P2/c1-5-9-13-17-21-25-29-33-36-38-40-42-45-48-51-55-59-63-67-71-84(89)97-77-82(103-86(91)73-69-65-61-57-53-47-32-28-24-20-16-12-8-4)79-101-105(93,94)99-75-81(88)76-100-106(95,96)102-80-83(104-87(92)74-70-66-62-58-54-50-44-35-31-27-23-19-15-11-7-3)78-98-85(90)72-68-64-60-56-52-49-46-43-41-39-37-34-30-26-22-18-14-10-6-2/h9-10,13-14,21-22,25-28,31-34,36-37,40-43,48-49,51-52,81-83,88H,5-8,11-12,15-20,23-24,29-30,35,38-39,44-47,50,53-80H2,1-4H3,(H,93,94)(H,95,96)/b13-9-,14-10-,25-21-,26-22-,31-27-,32-28-,36-33-,37-34-,42-40-,43-41-,51-48-,52-49-/t81-,82+,83+/m0/s1. The van der Waals surface area contributed by atoms with Crippen LogP contribution in [0.2, 0.25) is 0 Å². The number of aliphatic hydroxyl groups excluding tert-OH is 1. The van der Waals surface area contributed by atoms with Gasteiger partial charge in [-0.15, -0.1) is 0 Å². The van der Waals surface area contributed by atoms with Gasteiger partial charge in [-0.3, -0.25) is 37.3 Å². The molecule has 0 aliphatic rings. The number of phosphoric acid groups is 2. The van der Waals surface area contributed by atoms with E-state index < -0.39 is 97.5 Å². The Labute approximate surface area is 643 Å². The molecule has 17 nitrogen and oxygen atoms in total. The molecule has 0 radical (unpaired) electrons. The van der Waals surface area contributed by atoms with E-state index in [4.69, 9.17) is 37.0 Å².